The van der Waals surface area contributed by atoms with E-state index in [-0.39, 0.29) is 11.3 Å². The van der Waals surface area contributed by atoms with Crippen LogP contribution < -0.4 is 10.1 Å². The summed E-state index contributed by atoms with van der Waals surface area (Å²) in [5, 5.41) is 13.8. The number of hydrogen-bond donors (Lipinski definition) is 2. The number of phenolic OH excluding ortho intramolecular Hbond substituents is 1. The summed E-state index contributed by atoms with van der Waals surface area (Å²) in [7, 11) is 0. The first kappa shape index (κ1) is 18.8. The number of rotatable bonds is 2. The standard InChI is InChI=1S/C14H19NO.C9H7NO/c1-5-16-11-6-7-13-12(8-11)10(2)9-14(3,4)15-13;11-8-5-1-3-7-4-2-6-10-9(7)8/h6-9,15H,5H2,1-4H3;1-6,11H. The molecule has 1 aliphatic heterocycles. The number of benzene rings is 2. The van der Waals surface area contributed by atoms with Crippen LogP contribution in [0, 0.1) is 0 Å². The summed E-state index contributed by atoms with van der Waals surface area (Å²) in [6, 6.07) is 15.3. The van der Waals surface area contributed by atoms with Gasteiger partial charge in [-0.25, -0.2) is 0 Å². The van der Waals surface area contributed by atoms with Gasteiger partial charge < -0.3 is 15.2 Å². The van der Waals surface area contributed by atoms with Gasteiger partial charge in [0.2, 0.25) is 0 Å². The summed E-state index contributed by atoms with van der Waals surface area (Å²) in [5.41, 5.74) is 4.43. The number of ether oxygens (including phenoxy) is 1. The van der Waals surface area contributed by atoms with E-state index >= 15 is 0 Å². The lowest BCUT2D eigenvalue weighted by molar-refractivity contribution is 0.340. The minimum atomic E-state index is 0.0320. The van der Waals surface area contributed by atoms with Crippen LogP contribution in [0.3, 0.4) is 0 Å². The van der Waals surface area contributed by atoms with Crippen LogP contribution in [0.2, 0.25) is 0 Å². The van der Waals surface area contributed by atoms with E-state index in [9.17, 15) is 5.11 Å². The van der Waals surface area contributed by atoms with E-state index in [0.29, 0.717) is 12.1 Å². The van der Waals surface area contributed by atoms with Gasteiger partial charge in [-0.15, -0.1) is 0 Å². The average Bonchev–Trinajstić information content (AvgIpc) is 2.63. The summed E-state index contributed by atoms with van der Waals surface area (Å²) >= 11 is 0. The van der Waals surface area contributed by atoms with E-state index in [4.69, 9.17) is 4.74 Å². The smallest absolute Gasteiger partial charge is 0.141 e. The summed E-state index contributed by atoms with van der Waals surface area (Å²) in [6.45, 7) is 9.22. The predicted octanol–water partition coefficient (Wildman–Crippen LogP) is 5.63. The van der Waals surface area contributed by atoms with Crippen LogP contribution in [0.5, 0.6) is 11.5 Å². The van der Waals surface area contributed by atoms with Gasteiger partial charge in [0.15, 0.2) is 0 Å². The second-order valence-electron chi connectivity index (χ2n) is 7.17. The molecular formula is C23H26N2O2. The average molecular weight is 362 g/mol. The van der Waals surface area contributed by atoms with Gasteiger partial charge in [-0.2, -0.15) is 0 Å². The summed E-state index contributed by atoms with van der Waals surface area (Å²) in [6.07, 6.45) is 3.92. The molecule has 0 atom stereocenters. The van der Waals surface area contributed by atoms with E-state index in [0.717, 1.165) is 11.1 Å². The number of anilines is 1. The Morgan fingerprint density at radius 3 is 2.63 bits per heavy atom. The zero-order valence-corrected chi connectivity index (χ0v) is 16.3. The number of allylic oxidation sites excluding steroid dienone is 1. The largest absolute Gasteiger partial charge is 0.506 e. The number of aromatic hydroxyl groups is 1. The number of nitrogens with zero attached hydrogens (tertiary/aromatic N) is 1. The highest BCUT2D eigenvalue weighted by Crippen LogP contribution is 2.35. The molecule has 2 N–H and O–H groups in total. The van der Waals surface area contributed by atoms with Crippen molar-refractivity contribution in [1.82, 2.24) is 4.98 Å². The number of phenols is 1. The number of hydrogen-bond acceptors (Lipinski definition) is 4. The van der Waals surface area contributed by atoms with Crippen molar-refractivity contribution in [2.75, 3.05) is 11.9 Å². The number of pyridine rings is 1. The molecule has 0 bridgehead atoms. The maximum atomic E-state index is 9.31. The maximum Gasteiger partial charge on any atom is 0.141 e. The molecule has 27 heavy (non-hydrogen) atoms. The first-order valence-corrected chi connectivity index (χ1v) is 9.17. The van der Waals surface area contributed by atoms with Gasteiger partial charge in [-0.05, 0) is 63.6 Å². The second-order valence-corrected chi connectivity index (χ2v) is 7.17. The van der Waals surface area contributed by atoms with Crippen LogP contribution >= 0.6 is 0 Å². The van der Waals surface area contributed by atoms with Crippen molar-refractivity contribution in [1.29, 1.82) is 0 Å². The molecule has 0 radical (unpaired) electrons. The highest BCUT2D eigenvalue weighted by atomic mass is 16.5. The molecule has 0 fully saturated rings. The molecule has 0 saturated carbocycles. The molecule has 0 amide bonds. The van der Waals surface area contributed by atoms with Crippen molar-refractivity contribution >= 4 is 22.2 Å². The molecule has 2 aromatic carbocycles. The van der Waals surface area contributed by atoms with Crippen molar-refractivity contribution in [3.8, 4) is 11.5 Å². The lowest BCUT2D eigenvalue weighted by Gasteiger charge is -2.31. The Balaban J connectivity index is 0.000000166. The van der Waals surface area contributed by atoms with E-state index in [1.807, 2.05) is 31.2 Å². The summed E-state index contributed by atoms with van der Waals surface area (Å²) in [4.78, 5) is 4.03. The zero-order valence-electron chi connectivity index (χ0n) is 16.3. The molecule has 4 nitrogen and oxygen atoms in total. The number of aromatic nitrogens is 1. The lowest BCUT2D eigenvalue weighted by atomic mass is 9.91. The Kier molecular flexibility index (Phi) is 5.36. The second kappa shape index (κ2) is 7.70. The van der Waals surface area contributed by atoms with Crippen LogP contribution in [-0.2, 0) is 0 Å². The van der Waals surface area contributed by atoms with Gasteiger partial charge in [0.1, 0.15) is 17.0 Å². The molecule has 2 heterocycles. The third-order valence-corrected chi connectivity index (χ3v) is 4.37. The fraction of sp³-hybridized carbons (Fsp3) is 0.261. The SMILES string of the molecule is CCOc1ccc2c(c1)C(C)=CC(C)(C)N2.Oc1cccc2cccnc12. The minimum Gasteiger partial charge on any atom is -0.506 e. The van der Waals surface area contributed by atoms with Crippen molar-refractivity contribution in [3.63, 3.8) is 0 Å². The topological polar surface area (TPSA) is 54.4 Å². The molecule has 0 saturated heterocycles. The van der Waals surface area contributed by atoms with Gasteiger partial charge in [0, 0.05) is 22.8 Å². The Morgan fingerprint density at radius 1 is 1.11 bits per heavy atom. The monoisotopic (exact) mass is 362 g/mol. The normalized spacial score (nSPS) is 14.3. The molecule has 0 aliphatic carbocycles. The van der Waals surface area contributed by atoms with Crippen LogP contribution in [0.1, 0.15) is 33.3 Å². The Labute approximate surface area is 160 Å². The molecule has 140 valence electrons. The van der Waals surface area contributed by atoms with Crippen molar-refractivity contribution in [2.45, 2.75) is 33.2 Å². The summed E-state index contributed by atoms with van der Waals surface area (Å²) in [5.74, 6) is 1.18. The van der Waals surface area contributed by atoms with Gasteiger partial charge in [0.25, 0.3) is 0 Å². The Morgan fingerprint density at radius 2 is 1.89 bits per heavy atom. The highest BCUT2D eigenvalue weighted by Gasteiger charge is 2.22. The van der Waals surface area contributed by atoms with Gasteiger partial charge in [0.05, 0.1) is 12.1 Å². The fourth-order valence-electron chi connectivity index (χ4n) is 3.31. The zero-order chi connectivity index (χ0) is 19.4. The number of fused-ring (bicyclic) bond motifs is 2. The fourth-order valence-corrected chi connectivity index (χ4v) is 3.31. The first-order chi connectivity index (χ1) is 12.9. The molecule has 4 heteroatoms. The Hall–Kier alpha value is -3.01. The summed E-state index contributed by atoms with van der Waals surface area (Å²) < 4.78 is 5.52. The van der Waals surface area contributed by atoms with Crippen molar-refractivity contribution in [3.05, 3.63) is 66.4 Å². The van der Waals surface area contributed by atoms with Crippen LogP contribution in [0.25, 0.3) is 16.5 Å². The van der Waals surface area contributed by atoms with Crippen LogP contribution in [0.15, 0.2) is 60.8 Å². The third-order valence-electron chi connectivity index (χ3n) is 4.37. The predicted molar refractivity (Wildman–Crippen MR) is 112 cm³/mol. The van der Waals surface area contributed by atoms with Gasteiger partial charge in [-0.1, -0.05) is 24.3 Å². The maximum absolute atomic E-state index is 9.31. The quantitative estimate of drug-likeness (QED) is 0.620. The molecule has 1 aliphatic rings. The van der Waals surface area contributed by atoms with E-state index < -0.39 is 0 Å². The van der Waals surface area contributed by atoms with Crippen molar-refractivity contribution < 1.29 is 9.84 Å². The number of para-hydroxylation sites is 1. The molecule has 1 aromatic heterocycles. The molecule has 0 unspecified atom stereocenters. The van der Waals surface area contributed by atoms with Gasteiger partial charge in [-0.3, -0.25) is 4.98 Å². The first-order valence-electron chi connectivity index (χ1n) is 9.17. The Bertz CT molecular complexity index is 972. The lowest BCUT2D eigenvalue weighted by Crippen LogP contribution is -2.31. The van der Waals surface area contributed by atoms with E-state index in [1.54, 1.807) is 18.3 Å². The molecular weight excluding hydrogens is 336 g/mol. The van der Waals surface area contributed by atoms with Crippen LogP contribution in [-0.4, -0.2) is 22.2 Å². The van der Waals surface area contributed by atoms with Gasteiger partial charge >= 0.3 is 0 Å². The molecule has 4 rings (SSSR count). The minimum absolute atomic E-state index is 0.0320. The molecule has 0 spiro atoms. The molecule has 3 aromatic rings. The van der Waals surface area contributed by atoms with E-state index in [1.165, 1.54) is 16.8 Å². The highest BCUT2D eigenvalue weighted by molar-refractivity contribution is 5.83. The van der Waals surface area contributed by atoms with E-state index in [2.05, 4.69) is 49.3 Å². The van der Waals surface area contributed by atoms with Crippen molar-refractivity contribution in [2.24, 2.45) is 0 Å². The van der Waals surface area contributed by atoms with Crippen LogP contribution in [0.4, 0.5) is 5.69 Å². The number of nitrogens with one attached hydrogen (secondary N) is 1. The third kappa shape index (κ3) is 4.40.